The average Bonchev–Trinajstić information content (AvgIpc) is 3.13. The van der Waals surface area contributed by atoms with E-state index in [4.69, 9.17) is 4.98 Å². The van der Waals surface area contributed by atoms with Crippen LogP contribution in [0.5, 0.6) is 0 Å². The quantitative estimate of drug-likeness (QED) is 0.447. The topological polar surface area (TPSA) is 105 Å². The standard InChI is InChI=1S/C18H24N8O2S/c1-3-24-7-9-25(10-8-24)17-21-14-13(15(27)22-18(28)23(14)2)26(17)11-12-29-16-19-5-4-6-20-16/h4-6H,3,7-12H2,1-2H3,(H,22,27,28). The highest BCUT2D eigenvalue weighted by molar-refractivity contribution is 7.99. The van der Waals surface area contributed by atoms with E-state index in [1.165, 1.54) is 16.3 Å². The second-order valence-electron chi connectivity index (χ2n) is 6.86. The Kier molecular flexibility index (Phi) is 5.67. The number of imidazole rings is 1. The summed E-state index contributed by atoms with van der Waals surface area (Å²) in [6.45, 7) is 7.29. The van der Waals surface area contributed by atoms with Gasteiger partial charge in [-0.3, -0.25) is 14.3 Å². The van der Waals surface area contributed by atoms with Crippen molar-refractivity contribution in [1.29, 1.82) is 0 Å². The van der Waals surface area contributed by atoms with Crippen LogP contribution in [0.4, 0.5) is 5.95 Å². The Morgan fingerprint density at radius 2 is 1.86 bits per heavy atom. The zero-order chi connectivity index (χ0) is 20.4. The molecule has 1 N–H and O–H groups in total. The van der Waals surface area contributed by atoms with Gasteiger partial charge in [-0.15, -0.1) is 0 Å². The first-order valence-electron chi connectivity index (χ1n) is 9.65. The second-order valence-corrected chi connectivity index (χ2v) is 7.92. The van der Waals surface area contributed by atoms with Gasteiger partial charge in [0.2, 0.25) is 5.95 Å². The molecule has 1 fully saturated rings. The summed E-state index contributed by atoms with van der Waals surface area (Å²) in [5, 5.41) is 0.691. The molecule has 0 aliphatic carbocycles. The van der Waals surface area contributed by atoms with Gasteiger partial charge in [-0.05, 0) is 12.6 Å². The molecule has 3 aromatic rings. The molecule has 0 aromatic carbocycles. The zero-order valence-corrected chi connectivity index (χ0v) is 17.4. The maximum atomic E-state index is 12.6. The van der Waals surface area contributed by atoms with Crippen molar-refractivity contribution >= 4 is 28.9 Å². The van der Waals surface area contributed by atoms with E-state index in [0.717, 1.165) is 38.7 Å². The lowest BCUT2D eigenvalue weighted by molar-refractivity contribution is 0.269. The summed E-state index contributed by atoms with van der Waals surface area (Å²) in [5.74, 6) is 1.41. The summed E-state index contributed by atoms with van der Waals surface area (Å²) < 4.78 is 3.32. The van der Waals surface area contributed by atoms with Crippen LogP contribution in [-0.2, 0) is 13.6 Å². The third kappa shape index (κ3) is 3.92. The van der Waals surface area contributed by atoms with Crippen LogP contribution in [-0.4, -0.2) is 72.4 Å². The first-order chi connectivity index (χ1) is 14.1. The Hall–Kier alpha value is -2.66. The molecule has 1 aliphatic heterocycles. The van der Waals surface area contributed by atoms with E-state index >= 15 is 0 Å². The maximum absolute atomic E-state index is 12.6. The van der Waals surface area contributed by atoms with Crippen molar-refractivity contribution in [2.75, 3.05) is 43.4 Å². The summed E-state index contributed by atoms with van der Waals surface area (Å²) in [4.78, 5) is 44.8. The van der Waals surface area contributed by atoms with Crippen molar-refractivity contribution in [3.05, 3.63) is 39.3 Å². The zero-order valence-electron chi connectivity index (χ0n) is 16.5. The summed E-state index contributed by atoms with van der Waals surface area (Å²) in [5.41, 5.74) is -0.0289. The minimum atomic E-state index is -0.457. The molecule has 154 valence electrons. The van der Waals surface area contributed by atoms with Gasteiger partial charge in [0, 0.05) is 57.9 Å². The van der Waals surface area contributed by atoms with Gasteiger partial charge in [0.25, 0.3) is 5.56 Å². The fraction of sp³-hybridized carbons (Fsp3) is 0.500. The van der Waals surface area contributed by atoms with Crippen molar-refractivity contribution in [2.45, 2.75) is 18.6 Å². The van der Waals surface area contributed by atoms with E-state index in [1.807, 2.05) is 4.57 Å². The molecule has 11 heteroatoms. The molecule has 0 spiro atoms. The van der Waals surface area contributed by atoms with Crippen LogP contribution in [0.15, 0.2) is 33.2 Å². The molecule has 0 atom stereocenters. The number of likely N-dealkylation sites (N-methyl/N-ethyl adjacent to an activating group) is 1. The Morgan fingerprint density at radius 1 is 1.14 bits per heavy atom. The molecule has 29 heavy (non-hydrogen) atoms. The van der Waals surface area contributed by atoms with Crippen molar-refractivity contribution in [3.8, 4) is 0 Å². The number of thioether (sulfide) groups is 1. The van der Waals surface area contributed by atoms with Crippen LogP contribution in [0, 0.1) is 0 Å². The van der Waals surface area contributed by atoms with Gasteiger partial charge >= 0.3 is 5.69 Å². The van der Waals surface area contributed by atoms with Gasteiger partial charge < -0.3 is 14.4 Å². The number of piperazine rings is 1. The van der Waals surface area contributed by atoms with Crippen LogP contribution < -0.4 is 16.1 Å². The van der Waals surface area contributed by atoms with E-state index in [9.17, 15) is 9.59 Å². The maximum Gasteiger partial charge on any atom is 0.329 e. The molecule has 3 aromatic heterocycles. The van der Waals surface area contributed by atoms with E-state index in [2.05, 4.69) is 31.7 Å². The highest BCUT2D eigenvalue weighted by atomic mass is 32.2. The predicted molar refractivity (Wildman–Crippen MR) is 113 cm³/mol. The van der Waals surface area contributed by atoms with E-state index in [0.29, 0.717) is 28.6 Å². The summed E-state index contributed by atoms with van der Waals surface area (Å²) in [6, 6.07) is 1.78. The lowest BCUT2D eigenvalue weighted by atomic mass is 10.3. The lowest BCUT2D eigenvalue weighted by Crippen LogP contribution is -2.47. The molecule has 4 heterocycles. The SMILES string of the molecule is CCN1CCN(c2nc3c(c(=O)[nH]c(=O)n3C)n2CCSc2ncccn2)CC1. The third-order valence-electron chi connectivity index (χ3n) is 5.18. The molecule has 4 rings (SSSR count). The minimum absolute atomic E-state index is 0.407. The summed E-state index contributed by atoms with van der Waals surface area (Å²) in [7, 11) is 1.63. The monoisotopic (exact) mass is 416 g/mol. The summed E-state index contributed by atoms with van der Waals surface area (Å²) >= 11 is 1.52. The number of aromatic amines is 1. The number of aryl methyl sites for hydroxylation is 2. The van der Waals surface area contributed by atoms with E-state index in [-0.39, 0.29) is 0 Å². The number of hydrogen-bond donors (Lipinski definition) is 1. The van der Waals surface area contributed by atoms with Crippen LogP contribution in [0.1, 0.15) is 6.92 Å². The minimum Gasteiger partial charge on any atom is -0.340 e. The number of rotatable bonds is 6. The van der Waals surface area contributed by atoms with Gasteiger partial charge in [0.15, 0.2) is 16.3 Å². The normalized spacial score (nSPS) is 15.3. The third-order valence-corrected chi connectivity index (χ3v) is 6.03. The second kappa shape index (κ2) is 8.37. The molecule has 1 aliphatic rings. The summed E-state index contributed by atoms with van der Waals surface area (Å²) in [6.07, 6.45) is 3.42. The highest BCUT2D eigenvalue weighted by Crippen LogP contribution is 2.22. The van der Waals surface area contributed by atoms with Crippen LogP contribution in [0.2, 0.25) is 0 Å². The van der Waals surface area contributed by atoms with Crippen molar-refractivity contribution in [1.82, 2.24) is 34.0 Å². The van der Waals surface area contributed by atoms with Crippen LogP contribution >= 0.6 is 11.8 Å². The Morgan fingerprint density at radius 3 is 2.55 bits per heavy atom. The van der Waals surface area contributed by atoms with Gasteiger partial charge in [-0.2, -0.15) is 4.98 Å². The first kappa shape index (κ1) is 19.6. The molecule has 0 amide bonds. The molecular weight excluding hydrogens is 392 g/mol. The molecule has 1 saturated heterocycles. The highest BCUT2D eigenvalue weighted by Gasteiger charge is 2.24. The van der Waals surface area contributed by atoms with Gasteiger partial charge in [0.05, 0.1) is 0 Å². The predicted octanol–water partition coefficient (Wildman–Crippen LogP) is 0.148. The number of anilines is 1. The number of fused-ring (bicyclic) bond motifs is 1. The fourth-order valence-corrected chi connectivity index (χ4v) is 4.26. The number of nitrogens with one attached hydrogen (secondary N) is 1. The van der Waals surface area contributed by atoms with Crippen LogP contribution in [0.25, 0.3) is 11.2 Å². The molecule has 10 nitrogen and oxygen atoms in total. The van der Waals surface area contributed by atoms with Crippen LogP contribution in [0.3, 0.4) is 0 Å². The van der Waals surface area contributed by atoms with E-state index < -0.39 is 11.2 Å². The molecule has 0 bridgehead atoms. The van der Waals surface area contributed by atoms with Gasteiger partial charge in [0.1, 0.15) is 0 Å². The lowest BCUT2D eigenvalue weighted by Gasteiger charge is -2.34. The fourth-order valence-electron chi connectivity index (χ4n) is 3.53. The average molecular weight is 417 g/mol. The van der Waals surface area contributed by atoms with Crippen molar-refractivity contribution in [2.24, 2.45) is 7.05 Å². The first-order valence-corrected chi connectivity index (χ1v) is 10.6. The molecular formula is C18H24N8O2S. The van der Waals surface area contributed by atoms with Gasteiger partial charge in [-0.25, -0.2) is 14.8 Å². The number of nitrogens with zero attached hydrogens (tertiary/aromatic N) is 7. The van der Waals surface area contributed by atoms with Gasteiger partial charge in [-0.1, -0.05) is 18.7 Å². The Labute approximate surface area is 171 Å². The van der Waals surface area contributed by atoms with Crippen molar-refractivity contribution < 1.29 is 0 Å². The number of aromatic nitrogens is 6. The number of H-pyrrole nitrogens is 1. The largest absolute Gasteiger partial charge is 0.340 e. The number of hydrogen-bond acceptors (Lipinski definition) is 8. The Balaban J connectivity index is 1.68. The molecule has 0 unspecified atom stereocenters. The molecule has 0 radical (unpaired) electrons. The smallest absolute Gasteiger partial charge is 0.329 e. The van der Waals surface area contributed by atoms with E-state index in [1.54, 1.807) is 25.5 Å². The van der Waals surface area contributed by atoms with Crippen molar-refractivity contribution in [3.63, 3.8) is 0 Å². The molecule has 0 saturated carbocycles. The Bertz CT molecular complexity index is 1100.